The quantitative estimate of drug-likeness (QED) is 0.545. The van der Waals surface area contributed by atoms with Crippen LogP contribution in [-0.4, -0.2) is 65.7 Å². The van der Waals surface area contributed by atoms with Crippen molar-refractivity contribution in [2.75, 3.05) is 20.2 Å². The lowest BCUT2D eigenvalue weighted by molar-refractivity contribution is -0.152. The maximum atomic E-state index is 12.7. The van der Waals surface area contributed by atoms with Gasteiger partial charge in [-0.15, -0.1) is 0 Å². The first kappa shape index (κ1) is 23.9. The number of phenolic OH excluding ortho intramolecular Hbond substituents is 1. The summed E-state index contributed by atoms with van der Waals surface area (Å²) in [6.07, 6.45) is -1.14. The Morgan fingerprint density at radius 2 is 1.76 bits per heavy atom. The van der Waals surface area contributed by atoms with Gasteiger partial charge >= 0.3 is 12.1 Å². The molecule has 0 bridgehead atoms. The van der Waals surface area contributed by atoms with Gasteiger partial charge in [-0.2, -0.15) is 0 Å². The molecule has 29 heavy (non-hydrogen) atoms. The van der Waals surface area contributed by atoms with E-state index in [-0.39, 0.29) is 18.7 Å². The number of hydrogen-bond acceptors (Lipinski definition) is 8. The number of imide groups is 1. The number of benzene rings is 1. The number of esters is 1. The first-order valence-electron chi connectivity index (χ1n) is 8.86. The van der Waals surface area contributed by atoms with Gasteiger partial charge in [-0.3, -0.25) is 9.59 Å². The van der Waals surface area contributed by atoms with Crippen LogP contribution in [0.1, 0.15) is 26.3 Å². The standard InChI is InChI=1S/C19H27N3O7/c1-19(2,3)29-18(27)22(16(25)11-21-15(24)10-20)14(17(26)28-4)9-12-5-7-13(23)8-6-12/h5-8,14,23H,9-11,20H2,1-4H3,(H,21,24)/t14-/m0/s1. The number of ether oxygens (including phenoxy) is 2. The monoisotopic (exact) mass is 409 g/mol. The summed E-state index contributed by atoms with van der Waals surface area (Å²) >= 11 is 0. The first-order chi connectivity index (χ1) is 13.5. The zero-order valence-electron chi connectivity index (χ0n) is 16.9. The van der Waals surface area contributed by atoms with Crippen LogP contribution >= 0.6 is 0 Å². The van der Waals surface area contributed by atoms with Crippen molar-refractivity contribution in [1.29, 1.82) is 0 Å². The minimum Gasteiger partial charge on any atom is -0.508 e. The van der Waals surface area contributed by atoms with Gasteiger partial charge in [0.1, 0.15) is 17.4 Å². The maximum Gasteiger partial charge on any atom is 0.417 e. The van der Waals surface area contributed by atoms with E-state index in [1.807, 2.05) is 0 Å². The predicted octanol–water partition coefficient (Wildman–Crippen LogP) is 0.315. The van der Waals surface area contributed by atoms with E-state index in [1.54, 1.807) is 32.9 Å². The molecule has 0 unspecified atom stereocenters. The molecule has 1 rings (SSSR count). The third-order valence-corrected chi connectivity index (χ3v) is 3.63. The summed E-state index contributed by atoms with van der Waals surface area (Å²) in [5.41, 5.74) is 4.82. The van der Waals surface area contributed by atoms with Crippen molar-refractivity contribution in [3.05, 3.63) is 29.8 Å². The molecule has 3 amide bonds. The van der Waals surface area contributed by atoms with E-state index in [1.165, 1.54) is 12.1 Å². The molecule has 0 aromatic heterocycles. The van der Waals surface area contributed by atoms with Crippen LogP contribution in [0.25, 0.3) is 0 Å². The molecule has 1 atom stereocenters. The van der Waals surface area contributed by atoms with Gasteiger partial charge in [-0.25, -0.2) is 14.5 Å². The van der Waals surface area contributed by atoms with Crippen LogP contribution in [0.4, 0.5) is 4.79 Å². The second kappa shape index (κ2) is 10.4. The number of nitrogens with zero attached hydrogens (tertiary/aromatic N) is 1. The minimum absolute atomic E-state index is 0.0212. The van der Waals surface area contributed by atoms with Crippen LogP contribution in [0.5, 0.6) is 5.75 Å². The van der Waals surface area contributed by atoms with Crippen molar-refractivity contribution in [2.24, 2.45) is 5.73 Å². The summed E-state index contributed by atoms with van der Waals surface area (Å²) in [5, 5.41) is 11.7. The Hall–Kier alpha value is -3.14. The fourth-order valence-corrected chi connectivity index (χ4v) is 2.32. The molecule has 0 saturated carbocycles. The zero-order valence-corrected chi connectivity index (χ0v) is 16.9. The Labute approximate surface area is 168 Å². The summed E-state index contributed by atoms with van der Waals surface area (Å²) in [6, 6.07) is 4.55. The Morgan fingerprint density at radius 1 is 1.17 bits per heavy atom. The van der Waals surface area contributed by atoms with Gasteiger partial charge in [-0.05, 0) is 38.5 Å². The molecular weight excluding hydrogens is 382 g/mol. The molecule has 0 aliphatic heterocycles. The summed E-state index contributed by atoms with van der Waals surface area (Å²) in [7, 11) is 1.13. The van der Waals surface area contributed by atoms with E-state index < -0.39 is 42.1 Å². The van der Waals surface area contributed by atoms with Crippen molar-refractivity contribution < 1.29 is 33.8 Å². The van der Waals surface area contributed by atoms with Crippen molar-refractivity contribution in [3.8, 4) is 5.75 Å². The fraction of sp³-hybridized carbons (Fsp3) is 0.474. The second-order valence-corrected chi connectivity index (χ2v) is 7.13. The van der Waals surface area contributed by atoms with Crippen molar-refractivity contribution in [1.82, 2.24) is 10.2 Å². The Kier molecular flexibility index (Phi) is 8.58. The van der Waals surface area contributed by atoms with Crippen molar-refractivity contribution >= 4 is 23.9 Å². The summed E-state index contributed by atoms with van der Waals surface area (Å²) in [6.45, 7) is 3.93. The van der Waals surface area contributed by atoms with Crippen LogP contribution in [0.2, 0.25) is 0 Å². The highest BCUT2D eigenvalue weighted by atomic mass is 16.6. The first-order valence-corrected chi connectivity index (χ1v) is 8.86. The Balaban J connectivity index is 3.24. The normalized spacial score (nSPS) is 11.9. The van der Waals surface area contributed by atoms with Crippen LogP contribution in [0.15, 0.2) is 24.3 Å². The highest BCUT2D eigenvalue weighted by Crippen LogP contribution is 2.18. The summed E-state index contributed by atoms with van der Waals surface area (Å²) < 4.78 is 10.0. The SMILES string of the molecule is COC(=O)[C@H](Cc1ccc(O)cc1)N(C(=O)CNC(=O)CN)C(=O)OC(C)(C)C. The van der Waals surface area contributed by atoms with E-state index in [0.29, 0.717) is 10.5 Å². The molecule has 10 heteroatoms. The van der Waals surface area contributed by atoms with Crippen LogP contribution < -0.4 is 11.1 Å². The van der Waals surface area contributed by atoms with Gasteiger partial charge in [0.2, 0.25) is 5.91 Å². The molecule has 0 aliphatic rings. The van der Waals surface area contributed by atoms with E-state index >= 15 is 0 Å². The fourth-order valence-electron chi connectivity index (χ4n) is 2.32. The average Bonchev–Trinajstić information content (AvgIpc) is 2.64. The van der Waals surface area contributed by atoms with Crippen LogP contribution in [0.3, 0.4) is 0 Å². The van der Waals surface area contributed by atoms with E-state index in [0.717, 1.165) is 7.11 Å². The molecule has 0 saturated heterocycles. The molecule has 0 radical (unpaired) electrons. The number of methoxy groups -OCH3 is 1. The van der Waals surface area contributed by atoms with Gasteiger partial charge in [0.25, 0.3) is 5.91 Å². The second-order valence-electron chi connectivity index (χ2n) is 7.13. The van der Waals surface area contributed by atoms with Gasteiger partial charge in [0, 0.05) is 6.42 Å². The smallest absolute Gasteiger partial charge is 0.417 e. The highest BCUT2D eigenvalue weighted by molar-refractivity contribution is 5.99. The number of amides is 3. The van der Waals surface area contributed by atoms with Crippen LogP contribution in [0, 0.1) is 0 Å². The third-order valence-electron chi connectivity index (χ3n) is 3.63. The lowest BCUT2D eigenvalue weighted by Gasteiger charge is -2.31. The number of nitrogens with two attached hydrogens (primary N) is 1. The van der Waals surface area contributed by atoms with E-state index in [2.05, 4.69) is 5.32 Å². The summed E-state index contributed by atoms with van der Waals surface area (Å²) in [4.78, 5) is 49.9. The average molecular weight is 409 g/mol. The number of aromatic hydroxyl groups is 1. The van der Waals surface area contributed by atoms with Crippen LogP contribution in [-0.2, 0) is 30.3 Å². The van der Waals surface area contributed by atoms with E-state index in [9.17, 15) is 24.3 Å². The topological polar surface area (TPSA) is 148 Å². The third kappa shape index (κ3) is 7.78. The van der Waals surface area contributed by atoms with Crippen molar-refractivity contribution in [2.45, 2.75) is 38.8 Å². The molecule has 0 heterocycles. The lowest BCUT2D eigenvalue weighted by atomic mass is 10.0. The molecule has 1 aromatic carbocycles. The lowest BCUT2D eigenvalue weighted by Crippen LogP contribution is -2.54. The molecule has 0 fully saturated rings. The number of carbonyl (C=O) groups is 4. The zero-order chi connectivity index (χ0) is 22.2. The number of carbonyl (C=O) groups excluding carboxylic acids is 4. The number of hydrogen-bond donors (Lipinski definition) is 3. The Morgan fingerprint density at radius 3 is 2.24 bits per heavy atom. The van der Waals surface area contributed by atoms with Gasteiger partial charge in [-0.1, -0.05) is 12.1 Å². The van der Waals surface area contributed by atoms with Gasteiger partial charge in [0.15, 0.2) is 0 Å². The molecule has 0 aliphatic carbocycles. The maximum absolute atomic E-state index is 12.7. The molecule has 10 nitrogen and oxygen atoms in total. The molecule has 0 spiro atoms. The highest BCUT2D eigenvalue weighted by Gasteiger charge is 2.38. The van der Waals surface area contributed by atoms with Crippen molar-refractivity contribution in [3.63, 3.8) is 0 Å². The Bertz CT molecular complexity index is 741. The molecule has 1 aromatic rings. The predicted molar refractivity (Wildman–Crippen MR) is 103 cm³/mol. The molecular formula is C19H27N3O7. The summed E-state index contributed by atoms with van der Waals surface area (Å²) in [5.74, 6) is -2.29. The van der Waals surface area contributed by atoms with Gasteiger partial charge in [0.05, 0.1) is 20.2 Å². The van der Waals surface area contributed by atoms with E-state index in [4.69, 9.17) is 15.2 Å². The number of rotatable bonds is 7. The largest absolute Gasteiger partial charge is 0.508 e. The number of nitrogens with one attached hydrogen (secondary N) is 1. The minimum atomic E-state index is -1.35. The molecule has 4 N–H and O–H groups in total. The number of phenols is 1. The van der Waals surface area contributed by atoms with Gasteiger partial charge < -0.3 is 25.6 Å². The molecule has 160 valence electrons.